The van der Waals surface area contributed by atoms with Crippen LogP contribution in [0.3, 0.4) is 0 Å². The number of carboxylic acids is 1. The molecular formula is C9H17NO3S. The summed E-state index contributed by atoms with van der Waals surface area (Å²) in [5, 5.41) is 10.8. The molecule has 0 bridgehead atoms. The first kappa shape index (κ1) is 13.3. The van der Waals surface area contributed by atoms with E-state index in [0.717, 1.165) is 12.8 Å². The zero-order valence-corrected chi connectivity index (χ0v) is 9.61. The average molecular weight is 219 g/mol. The van der Waals surface area contributed by atoms with Crippen LogP contribution in [0.1, 0.15) is 26.7 Å². The highest BCUT2D eigenvalue weighted by Crippen LogP contribution is 2.29. The largest absolute Gasteiger partial charge is 0.474 e. The molecular weight excluding hydrogens is 202 g/mol. The van der Waals surface area contributed by atoms with Crippen LogP contribution in [0, 0.1) is 0 Å². The van der Waals surface area contributed by atoms with E-state index < -0.39 is 11.9 Å². The van der Waals surface area contributed by atoms with Crippen molar-refractivity contribution in [1.29, 1.82) is 0 Å². The lowest BCUT2D eigenvalue weighted by atomic mass is 10.0. The molecule has 82 valence electrons. The minimum Gasteiger partial charge on any atom is -0.474 e. The number of carbonyl (C=O) groups excluding carboxylic acids is 1. The third-order valence-corrected chi connectivity index (χ3v) is 4.07. The molecule has 0 saturated carbocycles. The molecule has 0 heterocycles. The van der Waals surface area contributed by atoms with E-state index in [0.29, 0.717) is 6.54 Å². The van der Waals surface area contributed by atoms with Gasteiger partial charge in [0.25, 0.3) is 0 Å². The van der Waals surface area contributed by atoms with Gasteiger partial charge >= 0.3 is 11.9 Å². The van der Waals surface area contributed by atoms with E-state index in [2.05, 4.69) is 5.32 Å². The number of hydrogen-bond donors (Lipinski definition) is 2. The summed E-state index contributed by atoms with van der Waals surface area (Å²) < 4.78 is -0.0366. The van der Waals surface area contributed by atoms with Crippen molar-refractivity contribution in [2.24, 2.45) is 0 Å². The van der Waals surface area contributed by atoms with E-state index in [-0.39, 0.29) is 4.75 Å². The molecule has 4 nitrogen and oxygen atoms in total. The molecule has 0 atom stereocenters. The van der Waals surface area contributed by atoms with Crippen LogP contribution < -0.4 is 5.32 Å². The lowest BCUT2D eigenvalue weighted by molar-refractivity contribution is -0.150. The second-order valence-corrected chi connectivity index (χ2v) is 4.36. The summed E-state index contributed by atoms with van der Waals surface area (Å²) in [7, 11) is 0. The topological polar surface area (TPSA) is 66.4 Å². The van der Waals surface area contributed by atoms with Gasteiger partial charge in [-0.25, -0.2) is 4.79 Å². The quantitative estimate of drug-likeness (QED) is 0.680. The van der Waals surface area contributed by atoms with Crippen molar-refractivity contribution < 1.29 is 14.7 Å². The molecule has 0 aliphatic heterocycles. The highest BCUT2D eigenvalue weighted by Gasteiger charge is 2.26. The van der Waals surface area contributed by atoms with Crippen molar-refractivity contribution in [3.8, 4) is 0 Å². The summed E-state index contributed by atoms with van der Waals surface area (Å²) in [4.78, 5) is 21.1. The lowest BCUT2D eigenvalue weighted by Gasteiger charge is -2.29. The summed E-state index contributed by atoms with van der Waals surface area (Å²) in [5.41, 5.74) is 0. The van der Waals surface area contributed by atoms with Gasteiger partial charge in [0, 0.05) is 11.3 Å². The van der Waals surface area contributed by atoms with Crippen LogP contribution in [0.15, 0.2) is 0 Å². The molecule has 5 heteroatoms. The Morgan fingerprint density at radius 2 is 1.86 bits per heavy atom. The maximum atomic E-state index is 10.8. The Hall–Kier alpha value is -0.710. The normalized spacial score (nSPS) is 11.1. The predicted octanol–water partition coefficient (Wildman–Crippen LogP) is 1.11. The van der Waals surface area contributed by atoms with Gasteiger partial charge in [-0.15, -0.1) is 0 Å². The zero-order valence-electron chi connectivity index (χ0n) is 8.79. The number of hydrogen-bond acceptors (Lipinski definition) is 3. The van der Waals surface area contributed by atoms with E-state index in [9.17, 15) is 9.59 Å². The monoisotopic (exact) mass is 219 g/mol. The SMILES string of the molecule is CCC(CC)(CNC(=O)C(=O)O)SC. The number of rotatable bonds is 5. The Bertz CT molecular complexity index is 206. The summed E-state index contributed by atoms with van der Waals surface area (Å²) in [5.74, 6) is -2.35. The van der Waals surface area contributed by atoms with Gasteiger partial charge in [-0.2, -0.15) is 11.8 Å². The summed E-state index contributed by atoms with van der Waals surface area (Å²) in [6.07, 6.45) is 3.79. The fraction of sp³-hybridized carbons (Fsp3) is 0.778. The van der Waals surface area contributed by atoms with Gasteiger partial charge in [-0.3, -0.25) is 4.79 Å². The standard InChI is InChI=1S/C9H17NO3S/c1-4-9(5-2,14-3)6-10-7(11)8(12)13/h4-6H2,1-3H3,(H,10,11)(H,12,13). The van der Waals surface area contributed by atoms with Gasteiger partial charge in [0.15, 0.2) is 0 Å². The van der Waals surface area contributed by atoms with Crippen molar-refractivity contribution in [3.05, 3.63) is 0 Å². The Kier molecular flexibility index (Phi) is 5.60. The second kappa shape index (κ2) is 5.90. The van der Waals surface area contributed by atoms with Gasteiger partial charge in [0.2, 0.25) is 0 Å². The van der Waals surface area contributed by atoms with Crippen LogP contribution in [0.2, 0.25) is 0 Å². The van der Waals surface area contributed by atoms with Crippen LogP contribution in [-0.2, 0) is 9.59 Å². The number of carbonyl (C=O) groups is 2. The first-order valence-corrected chi connectivity index (χ1v) is 5.80. The van der Waals surface area contributed by atoms with Gasteiger partial charge in [0.05, 0.1) is 0 Å². The first-order chi connectivity index (χ1) is 6.51. The predicted molar refractivity (Wildman–Crippen MR) is 57.5 cm³/mol. The average Bonchev–Trinajstić information content (AvgIpc) is 2.20. The molecule has 0 radical (unpaired) electrons. The molecule has 0 aromatic carbocycles. The number of carboxylic acid groups (broad SMARTS) is 1. The zero-order chi connectivity index (χ0) is 11.2. The Morgan fingerprint density at radius 1 is 1.36 bits per heavy atom. The van der Waals surface area contributed by atoms with Gasteiger partial charge in [-0.1, -0.05) is 13.8 Å². The second-order valence-electron chi connectivity index (χ2n) is 3.08. The molecule has 0 aliphatic carbocycles. The van der Waals surface area contributed by atoms with Crippen molar-refractivity contribution in [3.63, 3.8) is 0 Å². The molecule has 14 heavy (non-hydrogen) atoms. The van der Waals surface area contributed by atoms with Crippen molar-refractivity contribution in [2.75, 3.05) is 12.8 Å². The summed E-state index contributed by atoms with van der Waals surface area (Å²) in [6, 6.07) is 0. The molecule has 0 spiro atoms. The molecule has 0 saturated heterocycles. The minimum absolute atomic E-state index is 0.0366. The number of aliphatic carboxylic acids is 1. The molecule has 0 fully saturated rings. The third-order valence-electron chi connectivity index (χ3n) is 2.49. The van der Waals surface area contributed by atoms with Gasteiger partial charge < -0.3 is 10.4 Å². The van der Waals surface area contributed by atoms with Crippen LogP contribution in [0.5, 0.6) is 0 Å². The summed E-state index contributed by atoms with van der Waals surface area (Å²) >= 11 is 1.66. The highest BCUT2D eigenvalue weighted by atomic mass is 32.2. The van der Waals surface area contributed by atoms with Crippen LogP contribution in [0.25, 0.3) is 0 Å². The number of thioether (sulfide) groups is 1. The van der Waals surface area contributed by atoms with E-state index in [1.54, 1.807) is 11.8 Å². The first-order valence-electron chi connectivity index (χ1n) is 4.57. The molecule has 2 N–H and O–H groups in total. The van der Waals surface area contributed by atoms with Gasteiger partial charge in [-0.05, 0) is 19.1 Å². The maximum Gasteiger partial charge on any atom is 0.394 e. The van der Waals surface area contributed by atoms with E-state index in [4.69, 9.17) is 5.11 Å². The summed E-state index contributed by atoms with van der Waals surface area (Å²) in [6.45, 7) is 4.48. The van der Waals surface area contributed by atoms with Crippen molar-refractivity contribution in [1.82, 2.24) is 5.32 Å². The Labute approximate surface area is 88.4 Å². The molecule has 0 rings (SSSR count). The smallest absolute Gasteiger partial charge is 0.394 e. The molecule has 0 aromatic rings. The third kappa shape index (κ3) is 3.57. The van der Waals surface area contributed by atoms with E-state index in [1.165, 1.54) is 0 Å². The Balaban J connectivity index is 4.19. The van der Waals surface area contributed by atoms with Crippen LogP contribution >= 0.6 is 11.8 Å². The minimum atomic E-state index is -1.42. The maximum absolute atomic E-state index is 10.8. The Morgan fingerprint density at radius 3 is 2.14 bits per heavy atom. The fourth-order valence-corrected chi connectivity index (χ4v) is 1.97. The van der Waals surface area contributed by atoms with Crippen molar-refractivity contribution in [2.45, 2.75) is 31.4 Å². The fourth-order valence-electron chi connectivity index (χ4n) is 1.18. The van der Waals surface area contributed by atoms with Gasteiger partial charge in [0.1, 0.15) is 0 Å². The molecule has 0 aliphatic rings. The van der Waals surface area contributed by atoms with Crippen molar-refractivity contribution >= 4 is 23.6 Å². The highest BCUT2D eigenvalue weighted by molar-refractivity contribution is 8.00. The van der Waals surface area contributed by atoms with E-state index in [1.807, 2.05) is 20.1 Å². The lowest BCUT2D eigenvalue weighted by Crippen LogP contribution is -2.42. The molecule has 1 amide bonds. The molecule has 0 unspecified atom stereocenters. The number of amides is 1. The van der Waals surface area contributed by atoms with E-state index >= 15 is 0 Å². The van der Waals surface area contributed by atoms with Crippen LogP contribution in [-0.4, -0.2) is 34.5 Å². The number of nitrogens with one attached hydrogen (secondary N) is 1. The van der Waals surface area contributed by atoms with Crippen LogP contribution in [0.4, 0.5) is 0 Å². The molecule has 0 aromatic heterocycles.